The van der Waals surface area contributed by atoms with Crippen LogP contribution >= 0.6 is 0 Å². The van der Waals surface area contributed by atoms with Gasteiger partial charge in [0.1, 0.15) is 5.82 Å². The summed E-state index contributed by atoms with van der Waals surface area (Å²) >= 11 is 0. The van der Waals surface area contributed by atoms with Gasteiger partial charge in [0.25, 0.3) is 0 Å². The fraction of sp³-hybridized carbons (Fsp3) is 0.667. The summed E-state index contributed by atoms with van der Waals surface area (Å²) in [6.45, 7) is 14.5. The third-order valence-electron chi connectivity index (χ3n) is 4.76. The van der Waals surface area contributed by atoms with Crippen LogP contribution in [0, 0.1) is 5.82 Å². The molecule has 24 heavy (non-hydrogen) atoms. The van der Waals surface area contributed by atoms with Crippen molar-refractivity contribution in [1.29, 1.82) is 0 Å². The van der Waals surface area contributed by atoms with E-state index in [-0.39, 0.29) is 5.82 Å². The van der Waals surface area contributed by atoms with Gasteiger partial charge >= 0.3 is 7.12 Å². The van der Waals surface area contributed by atoms with Crippen molar-refractivity contribution < 1.29 is 13.7 Å². The predicted molar refractivity (Wildman–Crippen MR) is 97.0 cm³/mol. The molecule has 0 amide bonds. The second-order valence-electron chi connectivity index (χ2n) is 7.73. The van der Waals surface area contributed by atoms with Crippen molar-refractivity contribution in [3.05, 3.63) is 29.6 Å². The molecular formula is C18H30BFN2O2. The van der Waals surface area contributed by atoms with Gasteiger partial charge in [-0.05, 0) is 39.3 Å². The molecule has 2 N–H and O–H groups in total. The van der Waals surface area contributed by atoms with Crippen molar-refractivity contribution in [3.8, 4) is 0 Å². The normalized spacial score (nSPS) is 19.2. The van der Waals surface area contributed by atoms with E-state index in [4.69, 9.17) is 9.31 Å². The van der Waals surface area contributed by atoms with Crippen LogP contribution < -0.4 is 16.1 Å². The lowest BCUT2D eigenvalue weighted by atomic mass is 9.78. The van der Waals surface area contributed by atoms with Crippen molar-refractivity contribution in [1.82, 2.24) is 10.6 Å². The lowest BCUT2D eigenvalue weighted by Crippen LogP contribution is -2.41. The first kappa shape index (κ1) is 19.4. The van der Waals surface area contributed by atoms with Gasteiger partial charge in [0, 0.05) is 31.1 Å². The van der Waals surface area contributed by atoms with Crippen LogP contribution in [0.15, 0.2) is 18.2 Å². The van der Waals surface area contributed by atoms with Crippen LogP contribution in [0.5, 0.6) is 0 Å². The fourth-order valence-corrected chi connectivity index (χ4v) is 2.52. The zero-order chi connectivity index (χ0) is 18.0. The topological polar surface area (TPSA) is 42.5 Å². The van der Waals surface area contributed by atoms with Crippen molar-refractivity contribution in [2.45, 2.75) is 65.3 Å². The van der Waals surface area contributed by atoms with Gasteiger partial charge in [-0.1, -0.05) is 26.0 Å². The minimum absolute atomic E-state index is 0.284. The van der Waals surface area contributed by atoms with E-state index in [1.807, 2.05) is 33.8 Å². The van der Waals surface area contributed by atoms with Gasteiger partial charge in [-0.25, -0.2) is 4.39 Å². The highest BCUT2D eigenvalue weighted by atomic mass is 19.1. The number of nitrogens with one attached hydrogen (secondary N) is 2. The third kappa shape index (κ3) is 4.57. The molecule has 0 bridgehead atoms. The second-order valence-corrected chi connectivity index (χ2v) is 7.73. The molecule has 1 aliphatic rings. The van der Waals surface area contributed by atoms with Gasteiger partial charge in [-0.2, -0.15) is 0 Å². The Balaban J connectivity index is 1.93. The molecule has 4 nitrogen and oxygen atoms in total. The van der Waals surface area contributed by atoms with Crippen LogP contribution in [0.2, 0.25) is 0 Å². The molecule has 0 radical (unpaired) electrons. The maximum atomic E-state index is 14.5. The summed E-state index contributed by atoms with van der Waals surface area (Å²) in [6.07, 6.45) is 0. The van der Waals surface area contributed by atoms with E-state index in [1.165, 1.54) is 0 Å². The van der Waals surface area contributed by atoms with E-state index < -0.39 is 18.3 Å². The van der Waals surface area contributed by atoms with Gasteiger partial charge in [-0.3, -0.25) is 0 Å². The minimum atomic E-state index is -0.660. The summed E-state index contributed by atoms with van der Waals surface area (Å²) in [5, 5.41) is 6.64. The molecule has 1 saturated heterocycles. The van der Waals surface area contributed by atoms with E-state index in [9.17, 15) is 4.39 Å². The molecule has 1 aliphatic heterocycles. The molecule has 0 aliphatic carbocycles. The average Bonchev–Trinajstić information content (AvgIpc) is 2.66. The van der Waals surface area contributed by atoms with E-state index in [1.54, 1.807) is 12.1 Å². The van der Waals surface area contributed by atoms with Crippen molar-refractivity contribution in [2.75, 3.05) is 13.1 Å². The molecule has 2 rings (SSSR count). The van der Waals surface area contributed by atoms with Gasteiger partial charge < -0.3 is 19.9 Å². The molecule has 1 aromatic rings. The minimum Gasteiger partial charge on any atom is -0.399 e. The number of benzene rings is 1. The van der Waals surface area contributed by atoms with E-state index in [0.717, 1.165) is 18.7 Å². The Morgan fingerprint density at radius 3 is 2.25 bits per heavy atom. The lowest BCUT2D eigenvalue weighted by molar-refractivity contribution is 0.00578. The molecule has 6 heteroatoms. The van der Waals surface area contributed by atoms with E-state index in [2.05, 4.69) is 24.5 Å². The van der Waals surface area contributed by atoms with Crippen LogP contribution in [0.3, 0.4) is 0 Å². The summed E-state index contributed by atoms with van der Waals surface area (Å²) < 4.78 is 26.3. The first-order valence-electron chi connectivity index (χ1n) is 8.70. The third-order valence-corrected chi connectivity index (χ3v) is 4.76. The van der Waals surface area contributed by atoms with Crippen LogP contribution in [0.1, 0.15) is 47.1 Å². The smallest absolute Gasteiger partial charge is 0.399 e. The maximum Gasteiger partial charge on any atom is 0.497 e. The Kier molecular flexibility index (Phi) is 6.07. The summed E-state index contributed by atoms with van der Waals surface area (Å²) in [6, 6.07) is 5.72. The van der Waals surface area contributed by atoms with Crippen LogP contribution in [0.4, 0.5) is 4.39 Å². The van der Waals surface area contributed by atoms with Gasteiger partial charge in [0.05, 0.1) is 11.2 Å². The largest absolute Gasteiger partial charge is 0.497 e. The van der Waals surface area contributed by atoms with E-state index >= 15 is 0 Å². The Labute approximate surface area is 145 Å². The van der Waals surface area contributed by atoms with Crippen LogP contribution in [-0.2, 0) is 15.9 Å². The van der Waals surface area contributed by atoms with Crippen molar-refractivity contribution in [3.63, 3.8) is 0 Å². The Hall–Kier alpha value is -0.945. The number of rotatable bonds is 7. The zero-order valence-electron chi connectivity index (χ0n) is 15.7. The van der Waals surface area contributed by atoms with Crippen LogP contribution in [0.25, 0.3) is 0 Å². The molecular weight excluding hydrogens is 306 g/mol. The molecule has 0 spiro atoms. The average molecular weight is 336 g/mol. The summed E-state index contributed by atoms with van der Waals surface area (Å²) in [7, 11) is -0.660. The molecule has 0 saturated carbocycles. The second kappa shape index (κ2) is 7.52. The molecule has 0 aromatic heterocycles. The highest BCUT2D eigenvalue weighted by molar-refractivity contribution is 6.62. The van der Waals surface area contributed by atoms with Crippen LogP contribution in [-0.4, -0.2) is 37.5 Å². The number of halogens is 1. The number of hydrogen-bond acceptors (Lipinski definition) is 4. The highest BCUT2D eigenvalue weighted by Crippen LogP contribution is 2.36. The molecule has 134 valence electrons. The zero-order valence-corrected chi connectivity index (χ0v) is 15.7. The standard InChI is InChI=1S/C18H30BFN2O2/c1-13(2)22-10-9-21-12-14-7-8-15(16(20)11-14)19-23-17(3,4)18(5,6)24-19/h7-8,11,13,21-22H,9-10,12H2,1-6H3. The Morgan fingerprint density at radius 1 is 1.08 bits per heavy atom. The first-order valence-corrected chi connectivity index (χ1v) is 8.70. The Bertz CT molecular complexity index is 548. The highest BCUT2D eigenvalue weighted by Gasteiger charge is 2.52. The molecule has 1 heterocycles. The lowest BCUT2D eigenvalue weighted by Gasteiger charge is -2.32. The predicted octanol–water partition coefficient (Wildman–Crippen LogP) is 2.21. The van der Waals surface area contributed by atoms with E-state index in [0.29, 0.717) is 18.0 Å². The number of hydrogen-bond donors (Lipinski definition) is 2. The van der Waals surface area contributed by atoms with Crippen molar-refractivity contribution >= 4 is 12.6 Å². The molecule has 1 fully saturated rings. The van der Waals surface area contributed by atoms with Gasteiger partial charge in [0.2, 0.25) is 0 Å². The monoisotopic (exact) mass is 336 g/mol. The fourth-order valence-electron chi connectivity index (χ4n) is 2.52. The summed E-state index contributed by atoms with van der Waals surface area (Å²) in [5.41, 5.74) is 0.442. The van der Waals surface area contributed by atoms with Gasteiger partial charge in [-0.15, -0.1) is 0 Å². The first-order chi connectivity index (χ1) is 11.1. The summed E-state index contributed by atoms with van der Waals surface area (Å²) in [4.78, 5) is 0. The molecule has 0 atom stereocenters. The van der Waals surface area contributed by atoms with Gasteiger partial charge in [0.15, 0.2) is 0 Å². The molecule has 0 unspecified atom stereocenters. The van der Waals surface area contributed by atoms with Crippen molar-refractivity contribution in [2.24, 2.45) is 0 Å². The maximum absolute atomic E-state index is 14.5. The molecule has 1 aromatic carbocycles. The Morgan fingerprint density at radius 2 is 1.71 bits per heavy atom. The summed E-state index contributed by atoms with van der Waals surface area (Å²) in [5.74, 6) is -0.284. The SMILES string of the molecule is CC(C)NCCNCc1ccc(B2OC(C)(C)C(C)(C)O2)c(F)c1. The quantitative estimate of drug-likeness (QED) is 0.592.